The summed E-state index contributed by atoms with van der Waals surface area (Å²) in [4.78, 5) is 11.8. The average Bonchev–Trinajstić information content (AvgIpc) is 2.55. The topological polar surface area (TPSA) is 26.3 Å². The quantitative estimate of drug-likeness (QED) is 0.349. The molecule has 2 nitrogen and oxygen atoms in total. The number of benzene rings is 1. The van der Waals surface area contributed by atoms with Gasteiger partial charge in [0, 0.05) is 12.0 Å². The fourth-order valence-corrected chi connectivity index (χ4v) is 2.06. The van der Waals surface area contributed by atoms with Crippen molar-refractivity contribution >= 4 is 5.97 Å². The molecule has 0 saturated carbocycles. The zero-order valence-corrected chi connectivity index (χ0v) is 14.0. The minimum Gasteiger partial charge on any atom is -0.462 e. The minimum absolute atomic E-state index is 0.246. The largest absolute Gasteiger partial charge is 0.462 e. The van der Waals surface area contributed by atoms with E-state index in [0.717, 1.165) is 24.8 Å². The molecular formula is C20H28O2. The van der Waals surface area contributed by atoms with E-state index in [-0.39, 0.29) is 5.97 Å². The van der Waals surface area contributed by atoms with Crippen molar-refractivity contribution in [2.45, 2.75) is 65.2 Å². The summed E-state index contributed by atoms with van der Waals surface area (Å²) in [5.74, 6) is 6.11. The number of rotatable bonds is 9. The lowest BCUT2D eigenvalue weighted by Gasteiger charge is -2.03. The van der Waals surface area contributed by atoms with Gasteiger partial charge in [-0.15, -0.1) is 0 Å². The van der Waals surface area contributed by atoms with Crippen molar-refractivity contribution in [1.29, 1.82) is 0 Å². The molecule has 0 fully saturated rings. The summed E-state index contributed by atoms with van der Waals surface area (Å²) in [7, 11) is 0. The third-order valence-electron chi connectivity index (χ3n) is 3.49. The van der Waals surface area contributed by atoms with Crippen molar-refractivity contribution in [2.75, 3.05) is 6.61 Å². The predicted molar refractivity (Wildman–Crippen MR) is 91.9 cm³/mol. The van der Waals surface area contributed by atoms with Gasteiger partial charge in [-0.25, -0.2) is 4.79 Å². The Labute approximate surface area is 135 Å². The van der Waals surface area contributed by atoms with Crippen LogP contribution < -0.4 is 0 Å². The minimum atomic E-state index is -0.246. The molecule has 2 heteroatoms. The van der Waals surface area contributed by atoms with E-state index < -0.39 is 0 Å². The number of hydrogen-bond acceptors (Lipinski definition) is 2. The molecule has 1 rings (SSSR count). The fraction of sp³-hybridized carbons (Fsp3) is 0.550. The monoisotopic (exact) mass is 300 g/mol. The maximum absolute atomic E-state index is 11.8. The van der Waals surface area contributed by atoms with E-state index in [1.54, 1.807) is 12.1 Å². The summed E-state index contributed by atoms with van der Waals surface area (Å²) in [6.07, 6.45) is 9.24. The second-order valence-corrected chi connectivity index (χ2v) is 5.53. The van der Waals surface area contributed by atoms with E-state index >= 15 is 0 Å². The third kappa shape index (κ3) is 7.88. The summed E-state index contributed by atoms with van der Waals surface area (Å²) in [5.41, 5.74) is 1.56. The molecule has 1 aromatic carbocycles. The smallest absolute Gasteiger partial charge is 0.338 e. The normalized spacial score (nSPS) is 9.91. The van der Waals surface area contributed by atoms with E-state index in [4.69, 9.17) is 4.74 Å². The first-order valence-electron chi connectivity index (χ1n) is 8.54. The van der Waals surface area contributed by atoms with Gasteiger partial charge in [-0.1, -0.05) is 57.8 Å². The summed E-state index contributed by atoms with van der Waals surface area (Å²) in [6.45, 7) is 4.79. The summed E-state index contributed by atoms with van der Waals surface area (Å²) >= 11 is 0. The Balaban J connectivity index is 2.34. The Bertz CT molecular complexity index is 477. The molecule has 0 aromatic heterocycles. The maximum atomic E-state index is 11.8. The van der Waals surface area contributed by atoms with Crippen LogP contribution in [0.5, 0.6) is 0 Å². The number of carbonyl (C=O) groups excluding carboxylic acids is 1. The van der Waals surface area contributed by atoms with Gasteiger partial charge >= 0.3 is 5.97 Å². The number of carbonyl (C=O) groups is 1. The molecule has 0 N–H and O–H groups in total. The lowest BCUT2D eigenvalue weighted by Crippen LogP contribution is -2.06. The van der Waals surface area contributed by atoms with Gasteiger partial charge in [0.25, 0.3) is 0 Å². The number of hydrogen-bond donors (Lipinski definition) is 0. The zero-order chi connectivity index (χ0) is 16.0. The van der Waals surface area contributed by atoms with Gasteiger partial charge < -0.3 is 4.74 Å². The van der Waals surface area contributed by atoms with Crippen LogP contribution in [0.1, 0.15) is 81.1 Å². The Morgan fingerprint density at radius 1 is 0.955 bits per heavy atom. The Hall–Kier alpha value is -1.75. The van der Waals surface area contributed by atoms with Crippen LogP contribution in [0, 0.1) is 11.8 Å². The molecule has 0 radical (unpaired) electrons. The molecule has 22 heavy (non-hydrogen) atoms. The molecule has 0 aliphatic heterocycles. The van der Waals surface area contributed by atoms with Gasteiger partial charge in [0.15, 0.2) is 0 Å². The fourth-order valence-electron chi connectivity index (χ4n) is 2.06. The molecule has 0 heterocycles. The maximum Gasteiger partial charge on any atom is 0.338 e. The van der Waals surface area contributed by atoms with Gasteiger partial charge in [0.2, 0.25) is 0 Å². The average molecular weight is 300 g/mol. The van der Waals surface area contributed by atoms with Crippen molar-refractivity contribution in [2.24, 2.45) is 0 Å². The van der Waals surface area contributed by atoms with E-state index in [1.165, 1.54) is 32.1 Å². The predicted octanol–water partition coefficient (Wildman–Crippen LogP) is 5.36. The molecule has 0 saturated heterocycles. The lowest BCUT2D eigenvalue weighted by atomic mass is 10.1. The highest BCUT2D eigenvalue weighted by Crippen LogP contribution is 2.07. The molecule has 0 amide bonds. The Kier molecular flexibility index (Phi) is 9.87. The standard InChI is InChI=1S/C20H28O2/c1-3-5-7-8-9-10-11-12-18-13-15-19(16-14-18)20(21)22-17-6-4-2/h13-16H,3-10,17H2,1-2H3. The van der Waals surface area contributed by atoms with Crippen molar-refractivity contribution in [3.63, 3.8) is 0 Å². The van der Waals surface area contributed by atoms with Crippen molar-refractivity contribution in [3.05, 3.63) is 35.4 Å². The number of esters is 1. The van der Waals surface area contributed by atoms with Crippen LogP contribution in [0.25, 0.3) is 0 Å². The van der Waals surface area contributed by atoms with Crippen LogP contribution >= 0.6 is 0 Å². The molecule has 0 unspecified atom stereocenters. The van der Waals surface area contributed by atoms with Crippen LogP contribution in [-0.4, -0.2) is 12.6 Å². The first-order valence-corrected chi connectivity index (χ1v) is 8.54. The molecule has 0 spiro atoms. The number of ether oxygens (including phenoxy) is 1. The highest BCUT2D eigenvalue weighted by atomic mass is 16.5. The van der Waals surface area contributed by atoms with Crippen LogP contribution in [0.4, 0.5) is 0 Å². The van der Waals surface area contributed by atoms with Crippen LogP contribution in [0.3, 0.4) is 0 Å². The number of unbranched alkanes of at least 4 members (excludes halogenated alkanes) is 6. The molecule has 0 aliphatic carbocycles. The Morgan fingerprint density at radius 3 is 2.32 bits per heavy atom. The summed E-state index contributed by atoms with van der Waals surface area (Å²) in [5, 5.41) is 0. The van der Waals surface area contributed by atoms with Gasteiger partial charge in [-0.2, -0.15) is 0 Å². The van der Waals surface area contributed by atoms with Gasteiger partial charge in [-0.05, 0) is 37.1 Å². The highest BCUT2D eigenvalue weighted by Gasteiger charge is 2.05. The van der Waals surface area contributed by atoms with Crippen molar-refractivity contribution in [1.82, 2.24) is 0 Å². The van der Waals surface area contributed by atoms with E-state index in [9.17, 15) is 4.79 Å². The highest BCUT2D eigenvalue weighted by molar-refractivity contribution is 5.89. The van der Waals surface area contributed by atoms with Crippen molar-refractivity contribution in [3.8, 4) is 11.8 Å². The van der Waals surface area contributed by atoms with Gasteiger partial charge in [-0.3, -0.25) is 0 Å². The zero-order valence-electron chi connectivity index (χ0n) is 14.0. The van der Waals surface area contributed by atoms with Crippen LogP contribution in [-0.2, 0) is 4.74 Å². The molecule has 0 bridgehead atoms. The van der Waals surface area contributed by atoms with E-state index in [0.29, 0.717) is 12.2 Å². The Morgan fingerprint density at radius 2 is 1.64 bits per heavy atom. The molecular weight excluding hydrogens is 272 g/mol. The van der Waals surface area contributed by atoms with Gasteiger partial charge in [0.1, 0.15) is 0 Å². The summed E-state index contributed by atoms with van der Waals surface area (Å²) < 4.78 is 5.18. The van der Waals surface area contributed by atoms with Crippen molar-refractivity contribution < 1.29 is 9.53 Å². The second kappa shape index (κ2) is 11.9. The molecule has 1 aromatic rings. The first-order chi connectivity index (χ1) is 10.8. The van der Waals surface area contributed by atoms with E-state index in [1.807, 2.05) is 12.1 Å². The van der Waals surface area contributed by atoms with Crippen LogP contribution in [0.2, 0.25) is 0 Å². The third-order valence-corrected chi connectivity index (χ3v) is 3.49. The molecule has 0 aliphatic rings. The van der Waals surface area contributed by atoms with E-state index in [2.05, 4.69) is 25.7 Å². The second-order valence-electron chi connectivity index (χ2n) is 5.53. The first kappa shape index (κ1) is 18.3. The lowest BCUT2D eigenvalue weighted by molar-refractivity contribution is 0.0500. The SMILES string of the molecule is CCCCCCCC#Cc1ccc(C(=O)OCCCC)cc1. The van der Waals surface area contributed by atoms with Gasteiger partial charge in [0.05, 0.1) is 12.2 Å². The molecule has 0 atom stereocenters. The summed E-state index contributed by atoms with van der Waals surface area (Å²) in [6, 6.07) is 7.36. The van der Waals surface area contributed by atoms with Crippen LogP contribution in [0.15, 0.2) is 24.3 Å². The molecule has 120 valence electrons.